The molecule has 0 radical (unpaired) electrons. The summed E-state index contributed by atoms with van der Waals surface area (Å²) in [6.07, 6.45) is 2.89. The highest BCUT2D eigenvalue weighted by Crippen LogP contribution is 2.39. The summed E-state index contributed by atoms with van der Waals surface area (Å²) >= 11 is 0. The largest absolute Gasteiger partial charge is 0.496 e. The smallest absolute Gasteiger partial charge is 0.311 e. The van der Waals surface area contributed by atoms with Crippen molar-refractivity contribution < 1.29 is 28.5 Å². The highest BCUT2D eigenvalue weighted by Gasteiger charge is 2.42. The molecule has 1 heterocycles. The molecule has 0 aromatic heterocycles. The fourth-order valence-electron chi connectivity index (χ4n) is 3.61. The molecule has 0 spiro atoms. The lowest BCUT2D eigenvalue weighted by Gasteiger charge is -2.38. The summed E-state index contributed by atoms with van der Waals surface area (Å²) in [5.74, 6) is 0.782. The number of methoxy groups -OCH3 is 2. The molecule has 152 valence electrons. The molecule has 6 heteroatoms. The maximum atomic E-state index is 13.1. The second kappa shape index (κ2) is 7.86. The van der Waals surface area contributed by atoms with Gasteiger partial charge in [0.25, 0.3) is 0 Å². The minimum atomic E-state index is -0.541. The number of allylic oxidation sites excluding steroid dienone is 1. The van der Waals surface area contributed by atoms with Crippen molar-refractivity contribution in [2.45, 2.75) is 52.2 Å². The fraction of sp³-hybridized carbons (Fsp3) is 0.545. The van der Waals surface area contributed by atoms with Crippen molar-refractivity contribution in [3.63, 3.8) is 0 Å². The summed E-state index contributed by atoms with van der Waals surface area (Å²) in [4.78, 5) is 25.2. The number of ketones is 1. The van der Waals surface area contributed by atoms with Crippen LogP contribution in [0.25, 0.3) is 5.57 Å². The predicted molar refractivity (Wildman–Crippen MR) is 104 cm³/mol. The van der Waals surface area contributed by atoms with Gasteiger partial charge in [-0.15, -0.1) is 0 Å². The highest BCUT2D eigenvalue weighted by molar-refractivity contribution is 6.22. The Morgan fingerprint density at radius 1 is 1.11 bits per heavy atom. The van der Waals surface area contributed by atoms with Crippen molar-refractivity contribution in [1.82, 2.24) is 0 Å². The van der Waals surface area contributed by atoms with Crippen molar-refractivity contribution in [3.8, 4) is 11.5 Å². The summed E-state index contributed by atoms with van der Waals surface area (Å²) in [6.45, 7) is 5.50. The molecule has 28 heavy (non-hydrogen) atoms. The van der Waals surface area contributed by atoms with Crippen molar-refractivity contribution in [2.24, 2.45) is 11.3 Å². The van der Waals surface area contributed by atoms with Gasteiger partial charge in [0.1, 0.15) is 12.2 Å². The SMILES string of the molecule is COc1ccc(C2=COC3CC(OC(=O)C(C)(C)C)CCC3C2=O)cc1OC. The average molecular weight is 388 g/mol. The van der Waals surface area contributed by atoms with E-state index in [4.69, 9.17) is 18.9 Å². The third-order valence-corrected chi connectivity index (χ3v) is 5.29. The van der Waals surface area contributed by atoms with Gasteiger partial charge in [0.05, 0.1) is 37.4 Å². The van der Waals surface area contributed by atoms with E-state index in [2.05, 4.69) is 0 Å². The molecule has 3 rings (SSSR count). The van der Waals surface area contributed by atoms with Crippen LogP contribution in [0.1, 0.15) is 45.6 Å². The molecule has 3 atom stereocenters. The quantitative estimate of drug-likeness (QED) is 0.731. The minimum Gasteiger partial charge on any atom is -0.496 e. The Bertz CT molecular complexity index is 789. The molecular weight excluding hydrogens is 360 g/mol. The van der Waals surface area contributed by atoms with Crippen LogP contribution in [-0.4, -0.2) is 38.2 Å². The number of carbonyl (C=O) groups is 2. The molecule has 0 bridgehead atoms. The second-order valence-electron chi connectivity index (χ2n) is 8.34. The van der Waals surface area contributed by atoms with Crippen LogP contribution in [0, 0.1) is 11.3 Å². The summed E-state index contributed by atoms with van der Waals surface area (Å²) < 4.78 is 22.1. The predicted octanol–water partition coefficient (Wildman–Crippen LogP) is 3.77. The van der Waals surface area contributed by atoms with E-state index in [1.807, 2.05) is 26.8 Å². The van der Waals surface area contributed by atoms with E-state index in [0.717, 1.165) is 5.56 Å². The van der Waals surface area contributed by atoms with E-state index in [0.29, 0.717) is 36.3 Å². The zero-order valence-corrected chi connectivity index (χ0v) is 17.1. The van der Waals surface area contributed by atoms with Crippen LogP contribution in [-0.2, 0) is 19.1 Å². The topological polar surface area (TPSA) is 71.1 Å². The molecule has 1 aromatic rings. The van der Waals surface area contributed by atoms with Crippen LogP contribution in [0.5, 0.6) is 11.5 Å². The lowest BCUT2D eigenvalue weighted by molar-refractivity contribution is -0.163. The third kappa shape index (κ3) is 4.01. The van der Waals surface area contributed by atoms with Gasteiger partial charge in [-0.25, -0.2) is 0 Å². The molecule has 3 unspecified atom stereocenters. The molecule has 2 aliphatic rings. The Morgan fingerprint density at radius 2 is 1.82 bits per heavy atom. The van der Waals surface area contributed by atoms with Gasteiger partial charge in [-0.3, -0.25) is 9.59 Å². The van der Waals surface area contributed by atoms with Gasteiger partial charge in [-0.05, 0) is 51.3 Å². The lowest BCUT2D eigenvalue weighted by Crippen LogP contribution is -2.42. The van der Waals surface area contributed by atoms with Gasteiger partial charge in [0.2, 0.25) is 0 Å². The molecule has 1 aromatic carbocycles. The van der Waals surface area contributed by atoms with E-state index in [9.17, 15) is 9.59 Å². The highest BCUT2D eigenvalue weighted by atomic mass is 16.5. The Morgan fingerprint density at radius 3 is 2.46 bits per heavy atom. The molecular formula is C22H28O6. The van der Waals surface area contributed by atoms with Crippen LogP contribution in [0.4, 0.5) is 0 Å². The zero-order chi connectivity index (χ0) is 20.5. The molecule has 0 amide bonds. The normalized spacial score (nSPS) is 24.5. The lowest BCUT2D eigenvalue weighted by atomic mass is 9.77. The number of hydrogen-bond acceptors (Lipinski definition) is 6. The molecule has 1 fully saturated rings. The van der Waals surface area contributed by atoms with Crippen molar-refractivity contribution in [2.75, 3.05) is 14.2 Å². The second-order valence-corrected chi connectivity index (χ2v) is 8.34. The Labute approximate surface area is 165 Å². The molecule has 1 aliphatic carbocycles. The monoisotopic (exact) mass is 388 g/mol. The molecule has 0 N–H and O–H groups in total. The summed E-state index contributed by atoms with van der Waals surface area (Å²) in [5, 5.41) is 0. The average Bonchev–Trinajstić information content (AvgIpc) is 2.67. The Hall–Kier alpha value is -2.50. The fourth-order valence-corrected chi connectivity index (χ4v) is 3.61. The Kier molecular flexibility index (Phi) is 5.68. The minimum absolute atomic E-state index is 0.0593. The first kappa shape index (κ1) is 20.2. The number of carbonyl (C=O) groups excluding carboxylic acids is 2. The van der Waals surface area contributed by atoms with Crippen molar-refractivity contribution in [3.05, 3.63) is 30.0 Å². The van der Waals surface area contributed by atoms with Crippen LogP contribution < -0.4 is 9.47 Å². The van der Waals surface area contributed by atoms with Crippen LogP contribution in [0.15, 0.2) is 24.5 Å². The van der Waals surface area contributed by atoms with E-state index >= 15 is 0 Å². The van der Waals surface area contributed by atoms with Crippen molar-refractivity contribution >= 4 is 17.3 Å². The van der Waals surface area contributed by atoms with Gasteiger partial charge >= 0.3 is 5.97 Å². The molecule has 0 saturated heterocycles. The standard InChI is InChI=1S/C22H28O6/c1-22(2,3)21(24)28-14-7-8-15-18(11-14)27-12-16(20(15)23)13-6-9-17(25-4)19(10-13)26-5/h6,9-10,12,14-15,18H,7-8,11H2,1-5H3. The number of rotatable bonds is 4. The first-order chi connectivity index (χ1) is 13.2. The summed E-state index contributed by atoms with van der Waals surface area (Å²) in [5.41, 5.74) is 0.732. The van der Waals surface area contributed by atoms with E-state index < -0.39 is 5.41 Å². The maximum absolute atomic E-state index is 13.1. The number of benzene rings is 1. The zero-order valence-electron chi connectivity index (χ0n) is 17.1. The Balaban J connectivity index is 1.74. The van der Waals surface area contributed by atoms with Crippen LogP contribution in [0.3, 0.4) is 0 Å². The van der Waals surface area contributed by atoms with Gasteiger partial charge < -0.3 is 18.9 Å². The number of Topliss-reactive ketones (excluding diaryl/α,β-unsaturated/α-hetero) is 1. The first-order valence-electron chi connectivity index (χ1n) is 9.58. The van der Waals surface area contributed by atoms with Gasteiger partial charge in [0.15, 0.2) is 17.3 Å². The van der Waals surface area contributed by atoms with Gasteiger partial charge in [-0.1, -0.05) is 6.07 Å². The van der Waals surface area contributed by atoms with Crippen LogP contribution in [0.2, 0.25) is 0 Å². The number of ether oxygens (including phenoxy) is 4. The first-order valence-corrected chi connectivity index (χ1v) is 9.58. The maximum Gasteiger partial charge on any atom is 0.311 e. The van der Waals surface area contributed by atoms with E-state index in [-0.39, 0.29) is 29.9 Å². The van der Waals surface area contributed by atoms with Gasteiger partial charge in [-0.2, -0.15) is 0 Å². The summed E-state index contributed by atoms with van der Waals surface area (Å²) in [6, 6.07) is 5.38. The van der Waals surface area contributed by atoms with Gasteiger partial charge in [0, 0.05) is 6.42 Å². The summed E-state index contributed by atoms with van der Waals surface area (Å²) in [7, 11) is 3.13. The number of esters is 1. The number of hydrogen-bond donors (Lipinski definition) is 0. The van der Waals surface area contributed by atoms with Crippen molar-refractivity contribution in [1.29, 1.82) is 0 Å². The molecule has 6 nitrogen and oxygen atoms in total. The number of fused-ring (bicyclic) bond motifs is 1. The van der Waals surface area contributed by atoms with E-state index in [1.54, 1.807) is 26.4 Å². The third-order valence-electron chi connectivity index (χ3n) is 5.29. The van der Waals surface area contributed by atoms with Crippen LogP contribution >= 0.6 is 0 Å². The molecule has 1 saturated carbocycles. The van der Waals surface area contributed by atoms with E-state index in [1.165, 1.54) is 6.26 Å². The molecule has 1 aliphatic heterocycles.